The fourth-order valence-corrected chi connectivity index (χ4v) is 2.82. The lowest BCUT2D eigenvalue weighted by molar-refractivity contribution is 0.0946. The standard InChI is InChI=1S/C20H25N7O/c1-4-21-18-13-19(25-14(2)24-18)22-10-11-23-20(28)17-12-16(26-27(17)3)15-8-6-5-7-9-15/h5-9,12-13H,4,10-11H2,1-3H3,(H,23,28)(H2,21,22,24,25). The van der Waals surface area contributed by atoms with Crippen molar-refractivity contribution in [3.05, 3.63) is 54.0 Å². The zero-order valence-corrected chi connectivity index (χ0v) is 16.4. The van der Waals surface area contributed by atoms with Crippen LogP contribution in [0.4, 0.5) is 11.6 Å². The van der Waals surface area contributed by atoms with E-state index < -0.39 is 0 Å². The fourth-order valence-electron chi connectivity index (χ4n) is 2.82. The first-order chi connectivity index (χ1) is 13.6. The lowest BCUT2D eigenvalue weighted by Gasteiger charge is -2.10. The zero-order chi connectivity index (χ0) is 19.9. The Morgan fingerprint density at radius 3 is 2.46 bits per heavy atom. The molecule has 0 aliphatic heterocycles. The largest absolute Gasteiger partial charge is 0.370 e. The van der Waals surface area contributed by atoms with E-state index in [1.165, 1.54) is 0 Å². The number of carbonyl (C=O) groups excluding carboxylic acids is 1. The number of aryl methyl sites for hydroxylation is 2. The van der Waals surface area contributed by atoms with E-state index >= 15 is 0 Å². The van der Waals surface area contributed by atoms with E-state index in [4.69, 9.17) is 0 Å². The highest BCUT2D eigenvalue weighted by Gasteiger charge is 2.13. The zero-order valence-electron chi connectivity index (χ0n) is 16.4. The van der Waals surface area contributed by atoms with Crippen LogP contribution in [-0.2, 0) is 7.05 Å². The van der Waals surface area contributed by atoms with Gasteiger partial charge in [0.1, 0.15) is 23.2 Å². The number of anilines is 2. The molecule has 0 radical (unpaired) electrons. The van der Waals surface area contributed by atoms with Crippen LogP contribution < -0.4 is 16.0 Å². The Morgan fingerprint density at radius 1 is 1.04 bits per heavy atom. The maximum Gasteiger partial charge on any atom is 0.269 e. The van der Waals surface area contributed by atoms with Crippen LogP contribution in [0.3, 0.4) is 0 Å². The number of nitrogens with one attached hydrogen (secondary N) is 3. The molecule has 0 atom stereocenters. The molecule has 0 saturated heterocycles. The highest BCUT2D eigenvalue weighted by molar-refractivity contribution is 5.93. The number of aromatic nitrogens is 4. The van der Waals surface area contributed by atoms with Crippen LogP contribution in [0.1, 0.15) is 23.2 Å². The van der Waals surface area contributed by atoms with Crippen molar-refractivity contribution in [2.45, 2.75) is 13.8 Å². The van der Waals surface area contributed by atoms with Gasteiger partial charge in [0.15, 0.2) is 0 Å². The van der Waals surface area contributed by atoms with Gasteiger partial charge in [0, 0.05) is 38.3 Å². The number of hydrogen-bond donors (Lipinski definition) is 3. The molecule has 0 spiro atoms. The van der Waals surface area contributed by atoms with Crippen LogP contribution in [0, 0.1) is 6.92 Å². The minimum Gasteiger partial charge on any atom is -0.370 e. The second-order valence-corrected chi connectivity index (χ2v) is 6.30. The van der Waals surface area contributed by atoms with E-state index in [1.54, 1.807) is 17.8 Å². The maximum atomic E-state index is 12.5. The quantitative estimate of drug-likeness (QED) is 0.520. The van der Waals surface area contributed by atoms with Gasteiger partial charge in [-0.05, 0) is 19.9 Å². The van der Waals surface area contributed by atoms with E-state index in [0.29, 0.717) is 24.6 Å². The minimum absolute atomic E-state index is 0.161. The maximum absolute atomic E-state index is 12.5. The van der Waals surface area contributed by atoms with Gasteiger partial charge in [-0.15, -0.1) is 0 Å². The molecule has 1 aromatic carbocycles. The molecule has 2 aromatic heterocycles. The molecule has 0 saturated carbocycles. The highest BCUT2D eigenvalue weighted by atomic mass is 16.2. The van der Waals surface area contributed by atoms with E-state index in [2.05, 4.69) is 31.0 Å². The van der Waals surface area contributed by atoms with Gasteiger partial charge in [0.25, 0.3) is 5.91 Å². The van der Waals surface area contributed by atoms with Gasteiger partial charge in [0.05, 0.1) is 5.69 Å². The highest BCUT2D eigenvalue weighted by Crippen LogP contribution is 2.18. The molecule has 28 heavy (non-hydrogen) atoms. The molecular formula is C20H25N7O. The van der Waals surface area contributed by atoms with Crippen molar-refractivity contribution in [1.29, 1.82) is 0 Å². The number of hydrogen-bond acceptors (Lipinski definition) is 6. The first kappa shape index (κ1) is 19.3. The summed E-state index contributed by atoms with van der Waals surface area (Å²) in [5.41, 5.74) is 2.28. The molecule has 3 rings (SSSR count). The predicted molar refractivity (Wildman–Crippen MR) is 110 cm³/mol. The first-order valence-electron chi connectivity index (χ1n) is 9.28. The molecule has 8 heteroatoms. The number of carbonyl (C=O) groups is 1. The summed E-state index contributed by atoms with van der Waals surface area (Å²) in [5, 5.41) is 13.7. The molecule has 2 heterocycles. The molecule has 3 aromatic rings. The summed E-state index contributed by atoms with van der Waals surface area (Å²) in [6.45, 7) is 5.67. The summed E-state index contributed by atoms with van der Waals surface area (Å²) in [4.78, 5) is 21.1. The van der Waals surface area contributed by atoms with Crippen molar-refractivity contribution in [3.8, 4) is 11.3 Å². The molecule has 0 fully saturated rings. The van der Waals surface area contributed by atoms with Crippen LogP contribution in [0.25, 0.3) is 11.3 Å². The molecule has 3 N–H and O–H groups in total. The molecule has 0 aliphatic carbocycles. The van der Waals surface area contributed by atoms with Gasteiger partial charge < -0.3 is 16.0 Å². The van der Waals surface area contributed by atoms with Crippen molar-refractivity contribution >= 4 is 17.5 Å². The average molecular weight is 379 g/mol. The molecule has 146 valence electrons. The van der Waals surface area contributed by atoms with Crippen molar-refractivity contribution in [1.82, 2.24) is 25.1 Å². The SMILES string of the molecule is CCNc1cc(NCCNC(=O)c2cc(-c3ccccc3)nn2C)nc(C)n1. The van der Waals surface area contributed by atoms with Gasteiger partial charge in [-0.25, -0.2) is 9.97 Å². The van der Waals surface area contributed by atoms with Crippen LogP contribution in [-0.4, -0.2) is 45.3 Å². The molecule has 0 aliphatic rings. The monoisotopic (exact) mass is 379 g/mol. The third-order valence-electron chi connectivity index (χ3n) is 4.09. The molecule has 1 amide bonds. The Balaban J connectivity index is 1.55. The summed E-state index contributed by atoms with van der Waals surface area (Å²) < 4.78 is 1.60. The third-order valence-corrected chi connectivity index (χ3v) is 4.09. The van der Waals surface area contributed by atoms with Gasteiger partial charge in [-0.1, -0.05) is 30.3 Å². The summed E-state index contributed by atoms with van der Waals surface area (Å²) in [5.74, 6) is 2.04. The lowest BCUT2D eigenvalue weighted by atomic mass is 10.1. The molecule has 0 unspecified atom stereocenters. The Labute approximate surface area is 164 Å². The number of nitrogens with zero attached hydrogens (tertiary/aromatic N) is 4. The van der Waals surface area contributed by atoms with Crippen molar-refractivity contribution in [2.75, 3.05) is 30.3 Å². The summed E-state index contributed by atoms with van der Waals surface area (Å²) >= 11 is 0. The Hall–Kier alpha value is -3.42. The smallest absolute Gasteiger partial charge is 0.269 e. The topological polar surface area (TPSA) is 96.8 Å². The Morgan fingerprint density at radius 2 is 1.75 bits per heavy atom. The second-order valence-electron chi connectivity index (χ2n) is 6.30. The van der Waals surface area contributed by atoms with Gasteiger partial charge in [-0.3, -0.25) is 9.48 Å². The van der Waals surface area contributed by atoms with Crippen LogP contribution in [0.2, 0.25) is 0 Å². The third kappa shape index (κ3) is 4.85. The average Bonchev–Trinajstić information content (AvgIpc) is 3.07. The van der Waals surface area contributed by atoms with Gasteiger partial charge in [0.2, 0.25) is 0 Å². The van der Waals surface area contributed by atoms with Crippen LogP contribution in [0.15, 0.2) is 42.5 Å². The van der Waals surface area contributed by atoms with E-state index in [9.17, 15) is 4.79 Å². The van der Waals surface area contributed by atoms with E-state index in [0.717, 1.165) is 29.4 Å². The van der Waals surface area contributed by atoms with E-state index in [1.807, 2.05) is 50.2 Å². The molecular weight excluding hydrogens is 354 g/mol. The summed E-state index contributed by atoms with van der Waals surface area (Å²) in [6.07, 6.45) is 0. The Bertz CT molecular complexity index is 937. The predicted octanol–water partition coefficient (Wildman–Crippen LogP) is 2.46. The minimum atomic E-state index is -0.161. The number of benzene rings is 1. The summed E-state index contributed by atoms with van der Waals surface area (Å²) in [7, 11) is 1.77. The molecule has 8 nitrogen and oxygen atoms in total. The number of amides is 1. The van der Waals surface area contributed by atoms with Crippen molar-refractivity contribution in [3.63, 3.8) is 0 Å². The van der Waals surface area contributed by atoms with Gasteiger partial charge >= 0.3 is 0 Å². The Kier molecular flexibility index (Phi) is 6.21. The van der Waals surface area contributed by atoms with E-state index in [-0.39, 0.29) is 5.91 Å². The van der Waals surface area contributed by atoms with Crippen LogP contribution >= 0.6 is 0 Å². The van der Waals surface area contributed by atoms with Crippen LogP contribution in [0.5, 0.6) is 0 Å². The molecule has 0 bridgehead atoms. The fraction of sp³-hybridized carbons (Fsp3) is 0.300. The van der Waals surface area contributed by atoms with Crippen molar-refractivity contribution in [2.24, 2.45) is 7.05 Å². The van der Waals surface area contributed by atoms with Gasteiger partial charge in [-0.2, -0.15) is 5.10 Å². The number of rotatable bonds is 8. The first-order valence-corrected chi connectivity index (χ1v) is 9.28. The summed E-state index contributed by atoms with van der Waals surface area (Å²) in [6, 6.07) is 13.4. The normalized spacial score (nSPS) is 10.5. The second kappa shape index (κ2) is 8.98. The lowest BCUT2D eigenvalue weighted by Crippen LogP contribution is -2.30. The van der Waals surface area contributed by atoms with Crippen molar-refractivity contribution < 1.29 is 4.79 Å².